The second-order valence-electron chi connectivity index (χ2n) is 3.03. The first kappa shape index (κ1) is 10.1. The fourth-order valence-corrected chi connectivity index (χ4v) is 1.69. The summed E-state index contributed by atoms with van der Waals surface area (Å²) in [6.45, 7) is 0. The van der Waals surface area contributed by atoms with E-state index in [1.807, 2.05) is 0 Å². The third-order valence-electron chi connectivity index (χ3n) is 2.12. The van der Waals surface area contributed by atoms with E-state index in [0.717, 1.165) is 0 Å². The Bertz CT molecular complexity index is 565. The molecule has 0 aliphatic heterocycles. The standard InChI is InChI=1S/C10H6ClF2NO/c11-8-7(9(12)13)5-3-1-2-4-6(5)14-10(8)15/h1-4,9H,(H,14,15). The van der Waals surface area contributed by atoms with Gasteiger partial charge in [0.05, 0.1) is 5.56 Å². The Kier molecular flexibility index (Phi) is 2.44. The Hall–Kier alpha value is -1.42. The average Bonchev–Trinajstić information content (AvgIpc) is 2.19. The maximum Gasteiger partial charge on any atom is 0.267 e. The Morgan fingerprint density at radius 3 is 2.60 bits per heavy atom. The molecule has 0 atom stereocenters. The molecule has 1 heterocycles. The SMILES string of the molecule is O=c1[nH]c2ccccc2c(C(F)F)c1Cl. The first-order valence-electron chi connectivity index (χ1n) is 4.20. The van der Waals surface area contributed by atoms with Gasteiger partial charge in [-0.1, -0.05) is 29.8 Å². The lowest BCUT2D eigenvalue weighted by atomic mass is 10.1. The molecule has 2 aromatic rings. The Morgan fingerprint density at radius 2 is 1.93 bits per heavy atom. The predicted octanol–water partition coefficient (Wildman–Crippen LogP) is 3.12. The van der Waals surface area contributed by atoms with E-state index in [2.05, 4.69) is 4.98 Å². The molecule has 1 aromatic heterocycles. The van der Waals surface area contributed by atoms with Crippen LogP contribution in [-0.2, 0) is 0 Å². The van der Waals surface area contributed by atoms with Gasteiger partial charge in [-0.2, -0.15) is 0 Å². The van der Waals surface area contributed by atoms with Crippen molar-refractivity contribution < 1.29 is 8.78 Å². The molecule has 0 bridgehead atoms. The fraction of sp³-hybridized carbons (Fsp3) is 0.100. The minimum absolute atomic E-state index is 0.275. The molecule has 0 saturated carbocycles. The summed E-state index contributed by atoms with van der Waals surface area (Å²) in [6.07, 6.45) is -2.76. The van der Waals surface area contributed by atoms with Gasteiger partial charge in [0.1, 0.15) is 5.02 Å². The van der Waals surface area contributed by atoms with E-state index in [1.54, 1.807) is 18.2 Å². The zero-order chi connectivity index (χ0) is 11.0. The smallest absolute Gasteiger partial charge is 0.267 e. The number of halogens is 3. The number of rotatable bonds is 1. The molecule has 0 fully saturated rings. The van der Waals surface area contributed by atoms with Crippen LogP contribution in [0, 0.1) is 0 Å². The number of aromatic amines is 1. The number of alkyl halides is 2. The topological polar surface area (TPSA) is 32.9 Å². The van der Waals surface area contributed by atoms with Crippen molar-refractivity contribution in [2.45, 2.75) is 6.43 Å². The van der Waals surface area contributed by atoms with E-state index >= 15 is 0 Å². The zero-order valence-electron chi connectivity index (χ0n) is 7.43. The van der Waals surface area contributed by atoms with Gasteiger partial charge >= 0.3 is 0 Å². The van der Waals surface area contributed by atoms with Crippen molar-refractivity contribution in [3.05, 3.63) is 45.2 Å². The van der Waals surface area contributed by atoms with Crippen molar-refractivity contribution in [2.75, 3.05) is 0 Å². The highest BCUT2D eigenvalue weighted by molar-refractivity contribution is 6.32. The maximum absolute atomic E-state index is 12.7. The lowest BCUT2D eigenvalue weighted by molar-refractivity contribution is 0.153. The highest BCUT2D eigenvalue weighted by Gasteiger charge is 2.18. The number of H-pyrrole nitrogens is 1. The molecule has 1 aromatic carbocycles. The van der Waals surface area contributed by atoms with Crippen molar-refractivity contribution in [3.63, 3.8) is 0 Å². The Morgan fingerprint density at radius 1 is 1.27 bits per heavy atom. The molecule has 2 rings (SSSR count). The molecule has 1 N–H and O–H groups in total. The minimum atomic E-state index is -2.76. The van der Waals surface area contributed by atoms with Crippen LogP contribution in [0.15, 0.2) is 29.1 Å². The van der Waals surface area contributed by atoms with Crippen LogP contribution in [0.4, 0.5) is 8.78 Å². The van der Waals surface area contributed by atoms with Gasteiger partial charge in [-0.3, -0.25) is 4.79 Å². The largest absolute Gasteiger partial charge is 0.321 e. The molecule has 0 aliphatic rings. The molecule has 2 nitrogen and oxygen atoms in total. The quantitative estimate of drug-likeness (QED) is 0.801. The van der Waals surface area contributed by atoms with Crippen molar-refractivity contribution in [2.24, 2.45) is 0 Å². The molecular formula is C10H6ClF2NO. The normalized spacial score (nSPS) is 11.2. The van der Waals surface area contributed by atoms with E-state index in [9.17, 15) is 13.6 Å². The van der Waals surface area contributed by atoms with Crippen LogP contribution in [0.1, 0.15) is 12.0 Å². The van der Waals surface area contributed by atoms with Gasteiger partial charge in [-0.15, -0.1) is 0 Å². The predicted molar refractivity (Wildman–Crippen MR) is 54.5 cm³/mol. The van der Waals surface area contributed by atoms with Crippen LogP contribution in [0.5, 0.6) is 0 Å². The number of fused-ring (bicyclic) bond motifs is 1. The second kappa shape index (κ2) is 3.62. The lowest BCUT2D eigenvalue weighted by Crippen LogP contribution is -2.10. The van der Waals surface area contributed by atoms with Crippen LogP contribution in [0.25, 0.3) is 10.9 Å². The van der Waals surface area contributed by atoms with Crippen molar-refractivity contribution in [3.8, 4) is 0 Å². The summed E-state index contributed by atoms with van der Waals surface area (Å²) >= 11 is 5.54. The molecule has 5 heteroatoms. The van der Waals surface area contributed by atoms with Gasteiger partial charge in [-0.25, -0.2) is 8.78 Å². The van der Waals surface area contributed by atoms with Crippen LogP contribution in [0.2, 0.25) is 5.02 Å². The zero-order valence-corrected chi connectivity index (χ0v) is 8.18. The molecule has 15 heavy (non-hydrogen) atoms. The van der Waals surface area contributed by atoms with Gasteiger partial charge in [0, 0.05) is 10.9 Å². The second-order valence-corrected chi connectivity index (χ2v) is 3.41. The summed E-state index contributed by atoms with van der Waals surface area (Å²) < 4.78 is 25.4. The summed E-state index contributed by atoms with van der Waals surface area (Å²) in [5.74, 6) is 0. The van der Waals surface area contributed by atoms with E-state index < -0.39 is 22.6 Å². The maximum atomic E-state index is 12.7. The molecule has 78 valence electrons. The first-order valence-corrected chi connectivity index (χ1v) is 4.57. The summed E-state index contributed by atoms with van der Waals surface area (Å²) in [4.78, 5) is 13.7. The summed E-state index contributed by atoms with van der Waals surface area (Å²) in [7, 11) is 0. The lowest BCUT2D eigenvalue weighted by Gasteiger charge is -2.06. The molecule has 0 saturated heterocycles. The minimum Gasteiger partial charge on any atom is -0.321 e. The Labute approximate surface area is 88.5 Å². The number of hydrogen-bond donors (Lipinski definition) is 1. The van der Waals surface area contributed by atoms with Gasteiger partial charge < -0.3 is 4.98 Å². The summed E-state index contributed by atoms with van der Waals surface area (Å²) in [6, 6.07) is 6.32. The molecule has 0 aliphatic carbocycles. The van der Waals surface area contributed by atoms with Crippen LogP contribution in [0.3, 0.4) is 0 Å². The first-order chi connectivity index (χ1) is 7.11. The number of aromatic nitrogens is 1. The van der Waals surface area contributed by atoms with E-state index in [-0.39, 0.29) is 5.39 Å². The molecule has 0 spiro atoms. The van der Waals surface area contributed by atoms with Gasteiger partial charge in [0.15, 0.2) is 0 Å². The van der Waals surface area contributed by atoms with E-state index in [4.69, 9.17) is 11.6 Å². The summed E-state index contributed by atoms with van der Waals surface area (Å²) in [5.41, 5.74) is -0.733. The van der Waals surface area contributed by atoms with E-state index in [0.29, 0.717) is 5.52 Å². The van der Waals surface area contributed by atoms with Crippen LogP contribution in [-0.4, -0.2) is 4.98 Å². The van der Waals surface area contributed by atoms with Gasteiger partial charge in [-0.05, 0) is 6.07 Å². The highest BCUT2D eigenvalue weighted by Crippen LogP contribution is 2.30. The molecule has 0 radical (unpaired) electrons. The van der Waals surface area contributed by atoms with Crippen molar-refractivity contribution in [1.82, 2.24) is 4.98 Å². The molecule has 0 amide bonds. The van der Waals surface area contributed by atoms with Gasteiger partial charge in [0.25, 0.3) is 12.0 Å². The number of benzene rings is 1. The van der Waals surface area contributed by atoms with Gasteiger partial charge in [0.2, 0.25) is 0 Å². The van der Waals surface area contributed by atoms with E-state index in [1.165, 1.54) is 6.07 Å². The van der Waals surface area contributed by atoms with Crippen LogP contribution >= 0.6 is 11.6 Å². The number of hydrogen-bond acceptors (Lipinski definition) is 1. The fourth-order valence-electron chi connectivity index (χ4n) is 1.46. The number of pyridine rings is 1. The third kappa shape index (κ3) is 1.61. The number of nitrogens with one attached hydrogen (secondary N) is 1. The van der Waals surface area contributed by atoms with Crippen molar-refractivity contribution >= 4 is 22.5 Å². The molecular weight excluding hydrogens is 224 g/mol. The summed E-state index contributed by atoms with van der Waals surface area (Å²) in [5, 5.41) is -0.166. The van der Waals surface area contributed by atoms with Crippen molar-refractivity contribution in [1.29, 1.82) is 0 Å². The number of para-hydroxylation sites is 1. The third-order valence-corrected chi connectivity index (χ3v) is 2.49. The molecule has 0 unspecified atom stereocenters. The average molecular weight is 230 g/mol. The van der Waals surface area contributed by atoms with Crippen LogP contribution < -0.4 is 5.56 Å². The Balaban J connectivity index is 2.96. The monoisotopic (exact) mass is 229 g/mol. The highest BCUT2D eigenvalue weighted by atomic mass is 35.5.